The average Bonchev–Trinajstić information content (AvgIpc) is 2.75. The van der Waals surface area contributed by atoms with E-state index in [2.05, 4.69) is 26.6 Å². The van der Waals surface area contributed by atoms with Gasteiger partial charge in [-0.25, -0.2) is 4.79 Å². The van der Waals surface area contributed by atoms with Crippen LogP contribution in [0.15, 0.2) is 0 Å². The molecular weight excluding hydrogens is 464 g/mol. The first kappa shape index (κ1) is 31.5. The summed E-state index contributed by atoms with van der Waals surface area (Å²) >= 11 is 0. The first-order valence-corrected chi connectivity index (χ1v) is 11.1. The monoisotopic (exact) mass is 502 g/mol. The van der Waals surface area contributed by atoms with Crippen molar-refractivity contribution in [2.24, 2.45) is 17.4 Å². The Morgan fingerprint density at radius 3 is 2.03 bits per heavy atom. The number of carbonyl (C=O) groups excluding carboxylic acids is 4. The Bertz CT molecular complexity index is 760. The third-order valence-electron chi connectivity index (χ3n) is 4.62. The standard InChI is InChI=1S/C20H38N8O7/c1-10(2)7-13(27-17(32)12(21)5-4-6-24-20(22)23)18(33)26-8-14(30)25-9-15(31)28-16(11(3)29)19(34)35/h10-13,16,29H,4-9,21H2,1-3H3,(H,25,30)(H,26,33)(H,27,32)(H,28,31)(H,34,35)(H4,22,23,24)/t11-,12+,13+,16+/m1/s1. The second kappa shape index (κ2) is 16.2. The van der Waals surface area contributed by atoms with Crippen LogP contribution in [0.1, 0.15) is 40.0 Å². The first-order valence-electron chi connectivity index (χ1n) is 11.1. The van der Waals surface area contributed by atoms with Crippen LogP contribution in [-0.4, -0.2) is 89.6 Å². The third kappa shape index (κ3) is 14.4. The van der Waals surface area contributed by atoms with Crippen molar-refractivity contribution in [2.45, 2.75) is 64.3 Å². The van der Waals surface area contributed by atoms with E-state index < -0.39 is 66.9 Å². The Morgan fingerprint density at radius 2 is 1.51 bits per heavy atom. The zero-order valence-corrected chi connectivity index (χ0v) is 20.2. The summed E-state index contributed by atoms with van der Waals surface area (Å²) in [6.07, 6.45) is -0.279. The lowest BCUT2D eigenvalue weighted by molar-refractivity contribution is -0.144. The van der Waals surface area contributed by atoms with Gasteiger partial charge < -0.3 is 48.3 Å². The van der Waals surface area contributed by atoms with Gasteiger partial charge in [0.15, 0.2) is 12.0 Å². The summed E-state index contributed by atoms with van der Waals surface area (Å²) in [4.78, 5) is 59.6. The van der Waals surface area contributed by atoms with E-state index in [0.717, 1.165) is 0 Å². The van der Waals surface area contributed by atoms with Crippen LogP contribution in [0.5, 0.6) is 0 Å². The Kier molecular flexibility index (Phi) is 14.6. The highest BCUT2D eigenvalue weighted by molar-refractivity contribution is 5.93. The predicted octanol–water partition coefficient (Wildman–Crippen LogP) is -3.71. The van der Waals surface area contributed by atoms with Crippen LogP contribution in [0.25, 0.3) is 0 Å². The van der Waals surface area contributed by atoms with Crippen molar-refractivity contribution in [2.75, 3.05) is 19.6 Å². The van der Waals surface area contributed by atoms with Crippen LogP contribution in [0.2, 0.25) is 0 Å². The maximum atomic E-state index is 12.5. The molecule has 0 saturated carbocycles. The van der Waals surface area contributed by atoms with E-state index in [1.807, 2.05) is 13.8 Å². The molecule has 4 amide bonds. The molecule has 0 radical (unpaired) electrons. The number of carboxylic acid groups (broad SMARTS) is 1. The summed E-state index contributed by atoms with van der Waals surface area (Å²) in [6, 6.07) is -3.36. The lowest BCUT2D eigenvalue weighted by Gasteiger charge is -2.22. The smallest absolute Gasteiger partial charge is 0.328 e. The zero-order chi connectivity index (χ0) is 27.1. The van der Waals surface area contributed by atoms with Crippen molar-refractivity contribution in [3.63, 3.8) is 0 Å². The maximum absolute atomic E-state index is 12.5. The van der Waals surface area contributed by atoms with E-state index >= 15 is 0 Å². The van der Waals surface area contributed by atoms with Crippen LogP contribution in [0.4, 0.5) is 0 Å². The molecule has 15 nitrogen and oxygen atoms in total. The Labute approximate surface area is 203 Å². The second-order valence-corrected chi connectivity index (χ2v) is 8.40. The molecule has 200 valence electrons. The van der Waals surface area contributed by atoms with Crippen molar-refractivity contribution in [3.05, 3.63) is 0 Å². The molecule has 0 rings (SSSR count). The Morgan fingerprint density at radius 1 is 0.914 bits per heavy atom. The average molecular weight is 503 g/mol. The number of aliphatic hydroxyl groups is 1. The zero-order valence-electron chi connectivity index (χ0n) is 20.2. The van der Waals surface area contributed by atoms with Crippen LogP contribution >= 0.6 is 0 Å². The fourth-order valence-corrected chi connectivity index (χ4v) is 2.80. The quantitative estimate of drug-likeness (QED) is 0.0560. The number of nitrogens with two attached hydrogens (primary N) is 2. The number of hydrogen-bond donors (Lipinski definition) is 10. The van der Waals surface area contributed by atoms with Crippen molar-refractivity contribution in [1.29, 1.82) is 5.41 Å². The minimum atomic E-state index is -1.53. The lowest BCUT2D eigenvalue weighted by Crippen LogP contribution is -2.54. The molecule has 15 heteroatoms. The molecule has 0 aromatic carbocycles. The fraction of sp³-hybridized carbons (Fsp3) is 0.700. The summed E-state index contributed by atoms with van der Waals surface area (Å²) in [6.45, 7) is 4.21. The molecular formula is C20H38N8O7. The minimum Gasteiger partial charge on any atom is -0.480 e. The molecule has 0 aromatic rings. The van der Waals surface area contributed by atoms with Gasteiger partial charge in [0.25, 0.3) is 0 Å². The molecule has 0 bridgehead atoms. The van der Waals surface area contributed by atoms with E-state index in [1.54, 1.807) is 0 Å². The number of hydrogen-bond acceptors (Lipinski definition) is 8. The van der Waals surface area contributed by atoms with Gasteiger partial charge in [-0.2, -0.15) is 0 Å². The van der Waals surface area contributed by atoms with E-state index in [4.69, 9.17) is 22.0 Å². The van der Waals surface area contributed by atoms with Gasteiger partial charge in [0.1, 0.15) is 6.04 Å². The van der Waals surface area contributed by atoms with Gasteiger partial charge >= 0.3 is 5.97 Å². The number of amides is 4. The summed E-state index contributed by atoms with van der Waals surface area (Å²) in [7, 11) is 0. The normalized spacial score (nSPS) is 14.1. The lowest BCUT2D eigenvalue weighted by atomic mass is 10.0. The Hall–Kier alpha value is -3.46. The molecule has 0 saturated heterocycles. The third-order valence-corrected chi connectivity index (χ3v) is 4.62. The number of rotatable bonds is 16. The van der Waals surface area contributed by atoms with Crippen LogP contribution in [0.3, 0.4) is 0 Å². The molecule has 0 aliphatic rings. The van der Waals surface area contributed by atoms with Gasteiger partial charge in [-0.05, 0) is 32.1 Å². The van der Waals surface area contributed by atoms with Gasteiger partial charge in [-0.15, -0.1) is 0 Å². The number of guanidine groups is 1. The number of nitrogens with one attached hydrogen (secondary N) is 6. The molecule has 0 aromatic heterocycles. The first-order chi connectivity index (χ1) is 16.2. The van der Waals surface area contributed by atoms with Crippen LogP contribution in [-0.2, 0) is 24.0 Å². The fourth-order valence-electron chi connectivity index (χ4n) is 2.80. The SMILES string of the molecule is CC(C)C[C@H](NC(=O)[C@@H](N)CCCNC(=N)N)C(=O)NCC(=O)NCC(=O)N[C@H](C(=O)O)[C@@H](C)O. The summed E-state index contributed by atoms with van der Waals surface area (Å²) in [5.41, 5.74) is 11.0. The highest BCUT2D eigenvalue weighted by atomic mass is 16.4. The van der Waals surface area contributed by atoms with Crippen molar-refractivity contribution < 1.29 is 34.2 Å². The van der Waals surface area contributed by atoms with E-state index in [9.17, 15) is 29.1 Å². The molecule has 0 aliphatic carbocycles. The molecule has 4 atom stereocenters. The highest BCUT2D eigenvalue weighted by Gasteiger charge is 2.26. The topological polar surface area (TPSA) is 262 Å². The van der Waals surface area contributed by atoms with Gasteiger partial charge in [-0.1, -0.05) is 13.8 Å². The summed E-state index contributed by atoms with van der Waals surface area (Å²) < 4.78 is 0. The molecule has 0 spiro atoms. The molecule has 0 unspecified atom stereocenters. The minimum absolute atomic E-state index is 0.0376. The maximum Gasteiger partial charge on any atom is 0.328 e. The van der Waals surface area contributed by atoms with E-state index in [-0.39, 0.29) is 18.3 Å². The number of carbonyl (C=O) groups is 5. The van der Waals surface area contributed by atoms with Crippen molar-refractivity contribution >= 4 is 35.6 Å². The Balaban J connectivity index is 4.65. The van der Waals surface area contributed by atoms with Gasteiger partial charge in [0.2, 0.25) is 23.6 Å². The molecule has 0 heterocycles. The second-order valence-electron chi connectivity index (χ2n) is 8.40. The molecule has 0 fully saturated rings. The van der Waals surface area contributed by atoms with Gasteiger partial charge in [-0.3, -0.25) is 24.6 Å². The van der Waals surface area contributed by atoms with Crippen LogP contribution < -0.4 is 38.1 Å². The number of carboxylic acids is 1. The van der Waals surface area contributed by atoms with Gasteiger partial charge in [0, 0.05) is 6.54 Å². The predicted molar refractivity (Wildman–Crippen MR) is 126 cm³/mol. The van der Waals surface area contributed by atoms with Gasteiger partial charge in [0.05, 0.1) is 25.2 Å². The van der Waals surface area contributed by atoms with Crippen molar-refractivity contribution in [3.8, 4) is 0 Å². The molecule has 12 N–H and O–H groups in total. The molecule has 35 heavy (non-hydrogen) atoms. The molecule has 0 aliphatic heterocycles. The van der Waals surface area contributed by atoms with E-state index in [0.29, 0.717) is 19.4 Å². The summed E-state index contributed by atoms with van der Waals surface area (Å²) in [5.74, 6) is -4.30. The van der Waals surface area contributed by atoms with E-state index in [1.165, 1.54) is 6.92 Å². The largest absolute Gasteiger partial charge is 0.480 e. The number of aliphatic hydroxyl groups excluding tert-OH is 1. The highest BCUT2D eigenvalue weighted by Crippen LogP contribution is 2.06. The van der Waals surface area contributed by atoms with Crippen molar-refractivity contribution in [1.82, 2.24) is 26.6 Å². The number of aliphatic carboxylic acids is 1. The summed E-state index contributed by atoms with van der Waals surface area (Å²) in [5, 5.41) is 37.2. The van der Waals surface area contributed by atoms with Crippen LogP contribution in [0, 0.1) is 11.3 Å².